The van der Waals surface area contributed by atoms with Crippen LogP contribution < -0.4 is 5.32 Å². The minimum Gasteiger partial charge on any atom is -0.394 e. The first kappa shape index (κ1) is 61.3. The van der Waals surface area contributed by atoms with Crippen LogP contribution in [-0.4, -0.2) is 193 Å². The van der Waals surface area contributed by atoms with Crippen LogP contribution in [-0.2, 0) is 33.2 Å². The van der Waals surface area contributed by atoms with Crippen molar-refractivity contribution in [2.75, 3.05) is 26.4 Å². The number of nitrogens with one attached hydrogen (secondary N) is 1. The number of allylic oxidation sites excluding steroid dienone is 13. The highest BCUT2D eigenvalue weighted by molar-refractivity contribution is 5.76. The van der Waals surface area contributed by atoms with Crippen LogP contribution in [0.25, 0.3) is 0 Å². The second-order valence-corrected chi connectivity index (χ2v) is 17.5. The van der Waals surface area contributed by atoms with Gasteiger partial charge in [-0.25, -0.2) is 0 Å². The van der Waals surface area contributed by atoms with Gasteiger partial charge in [0.25, 0.3) is 0 Å². The van der Waals surface area contributed by atoms with Crippen LogP contribution >= 0.6 is 0 Å². The Bertz CT molecular complexity index is 1620. The number of carbonyl (C=O) groups is 1. The molecular formula is C51H83NO18. The van der Waals surface area contributed by atoms with Crippen LogP contribution in [0.5, 0.6) is 0 Å². The molecule has 1 amide bonds. The lowest BCUT2D eigenvalue weighted by Crippen LogP contribution is -2.66. The molecule has 0 aromatic carbocycles. The van der Waals surface area contributed by atoms with Gasteiger partial charge in [-0.3, -0.25) is 4.79 Å². The Morgan fingerprint density at radius 1 is 0.514 bits per heavy atom. The maximum Gasteiger partial charge on any atom is 0.220 e. The summed E-state index contributed by atoms with van der Waals surface area (Å²) < 4.78 is 34.0. The van der Waals surface area contributed by atoms with Crippen LogP contribution in [0.2, 0.25) is 0 Å². The minimum absolute atomic E-state index is 0.174. The Balaban J connectivity index is 1.59. The van der Waals surface area contributed by atoms with Gasteiger partial charge in [0, 0.05) is 6.42 Å². The molecule has 0 aliphatic carbocycles. The summed E-state index contributed by atoms with van der Waals surface area (Å²) in [5, 5.41) is 119. The van der Waals surface area contributed by atoms with E-state index in [0.717, 1.165) is 64.2 Å². The Labute approximate surface area is 412 Å². The summed E-state index contributed by atoms with van der Waals surface area (Å²) >= 11 is 0. The fourth-order valence-electron chi connectivity index (χ4n) is 7.80. The Morgan fingerprint density at radius 2 is 0.943 bits per heavy atom. The molecule has 0 bridgehead atoms. The van der Waals surface area contributed by atoms with E-state index in [9.17, 15) is 61.0 Å². The highest BCUT2D eigenvalue weighted by Gasteiger charge is 2.53. The fourth-order valence-corrected chi connectivity index (χ4v) is 7.80. The van der Waals surface area contributed by atoms with Crippen molar-refractivity contribution in [2.24, 2.45) is 0 Å². The van der Waals surface area contributed by atoms with E-state index < -0.39 is 131 Å². The lowest BCUT2D eigenvalue weighted by Gasteiger charge is -2.48. The first-order valence-corrected chi connectivity index (χ1v) is 24.8. The SMILES string of the molecule is CC/C=C\C/C=C\C/C=C\C/C=C\CCCCC(=O)NC(COC1OC(CO)C(OC2OC(CO)C(OC3OC(CO)C(O)C(O)C3O)C(O)C2O)C(O)C1O)C(O)/C=C/CC/C=C/CC/C=C/CC. The molecule has 0 aromatic rings. The summed E-state index contributed by atoms with van der Waals surface area (Å²) in [4.78, 5) is 13.2. The van der Waals surface area contributed by atoms with Crippen LogP contribution in [0.15, 0.2) is 85.1 Å². The largest absolute Gasteiger partial charge is 0.394 e. The van der Waals surface area contributed by atoms with Crippen molar-refractivity contribution in [3.63, 3.8) is 0 Å². The Hall–Kier alpha value is -3.03. The zero-order valence-corrected chi connectivity index (χ0v) is 40.7. The minimum atomic E-state index is -1.99. The molecule has 3 heterocycles. The van der Waals surface area contributed by atoms with Gasteiger partial charge >= 0.3 is 0 Å². The molecule has 0 aromatic heterocycles. The third-order valence-electron chi connectivity index (χ3n) is 11.9. The predicted molar refractivity (Wildman–Crippen MR) is 258 cm³/mol. The topological polar surface area (TPSA) is 307 Å². The normalized spacial score (nSPS) is 33.3. The zero-order chi connectivity index (χ0) is 51.3. The molecule has 0 saturated carbocycles. The molecule has 3 aliphatic rings. The highest BCUT2D eigenvalue weighted by atomic mass is 16.8. The van der Waals surface area contributed by atoms with E-state index in [1.54, 1.807) is 12.2 Å². The van der Waals surface area contributed by atoms with E-state index in [1.807, 2.05) is 0 Å². The third kappa shape index (κ3) is 20.8. The maximum absolute atomic E-state index is 13.2. The average Bonchev–Trinajstić information content (AvgIpc) is 3.35. The van der Waals surface area contributed by atoms with E-state index >= 15 is 0 Å². The van der Waals surface area contributed by atoms with Crippen molar-refractivity contribution in [2.45, 2.75) is 202 Å². The molecule has 3 rings (SSSR count). The molecule has 17 unspecified atom stereocenters. The molecule has 19 heteroatoms. The summed E-state index contributed by atoms with van der Waals surface area (Å²) in [5.41, 5.74) is 0. The molecule has 0 spiro atoms. The van der Waals surface area contributed by atoms with Crippen LogP contribution in [0, 0.1) is 0 Å². The van der Waals surface area contributed by atoms with E-state index in [1.165, 1.54) is 0 Å². The molecular weight excluding hydrogens is 915 g/mol. The highest BCUT2D eigenvalue weighted by Crippen LogP contribution is 2.33. The van der Waals surface area contributed by atoms with Crippen molar-refractivity contribution in [1.82, 2.24) is 5.32 Å². The average molecular weight is 998 g/mol. The number of aliphatic hydroxyl groups is 11. The third-order valence-corrected chi connectivity index (χ3v) is 11.9. The number of unbranched alkanes of at least 4 members (excludes halogenated alkanes) is 4. The van der Waals surface area contributed by atoms with Gasteiger partial charge < -0.3 is 89.9 Å². The van der Waals surface area contributed by atoms with Crippen molar-refractivity contribution in [1.29, 1.82) is 0 Å². The van der Waals surface area contributed by atoms with Gasteiger partial charge in [-0.2, -0.15) is 0 Å². The van der Waals surface area contributed by atoms with Gasteiger partial charge in [0.15, 0.2) is 18.9 Å². The second kappa shape index (κ2) is 35.2. The molecule has 70 heavy (non-hydrogen) atoms. The lowest BCUT2D eigenvalue weighted by atomic mass is 9.96. The Kier molecular flexibility index (Phi) is 30.8. The van der Waals surface area contributed by atoms with Crippen LogP contribution in [0.3, 0.4) is 0 Å². The summed E-state index contributed by atoms with van der Waals surface area (Å²) in [5.74, 6) is -0.339. The zero-order valence-electron chi connectivity index (χ0n) is 40.7. The number of hydrogen-bond acceptors (Lipinski definition) is 18. The van der Waals surface area contributed by atoms with E-state index in [4.69, 9.17) is 28.4 Å². The van der Waals surface area contributed by atoms with Crippen LogP contribution in [0.4, 0.5) is 0 Å². The van der Waals surface area contributed by atoms with Crippen molar-refractivity contribution < 1.29 is 89.4 Å². The smallest absolute Gasteiger partial charge is 0.220 e. The summed E-state index contributed by atoms with van der Waals surface area (Å²) in [6.45, 7) is 1.35. The second-order valence-electron chi connectivity index (χ2n) is 17.5. The van der Waals surface area contributed by atoms with Crippen molar-refractivity contribution >= 4 is 5.91 Å². The molecule has 3 fully saturated rings. The summed E-state index contributed by atoms with van der Waals surface area (Å²) in [6.07, 6.45) is 11.9. The molecule has 3 saturated heterocycles. The molecule has 3 aliphatic heterocycles. The van der Waals surface area contributed by atoms with Crippen molar-refractivity contribution in [3.8, 4) is 0 Å². The standard InChI is InChI=1S/C51H83NO18/c1-3-5-7-9-11-13-15-16-17-18-19-21-23-25-27-29-39(57)52-34(35(56)28-26-24-22-20-14-12-10-8-6-4-2)33-65-49-45(63)42(60)47(37(31-54)67-49)70-51-46(64)43(61)48(38(32-55)68-51)69-50-44(62)41(59)40(58)36(30-53)66-50/h5-8,11,13-14,16-17,19-21,26,28,34-38,40-51,53-56,58-64H,3-4,9-10,12,15,18,22-25,27,29-33H2,1-2H3,(H,52,57)/b7-5-,8-6+,13-11-,17-16-,20-14+,21-19-,28-26+. The quantitative estimate of drug-likeness (QED) is 0.0334. The summed E-state index contributed by atoms with van der Waals surface area (Å²) in [6, 6.07) is -1.02. The maximum atomic E-state index is 13.2. The fraction of sp³-hybridized carbons (Fsp3) is 0.706. The summed E-state index contributed by atoms with van der Waals surface area (Å²) in [7, 11) is 0. The van der Waals surface area contributed by atoms with E-state index in [2.05, 4.69) is 92.1 Å². The van der Waals surface area contributed by atoms with Gasteiger partial charge in [-0.15, -0.1) is 0 Å². The lowest BCUT2D eigenvalue weighted by molar-refractivity contribution is -0.379. The first-order chi connectivity index (χ1) is 33.8. The number of carbonyl (C=O) groups excluding carboxylic acids is 1. The molecule has 0 radical (unpaired) electrons. The first-order valence-electron chi connectivity index (χ1n) is 24.8. The molecule has 17 atom stereocenters. The Morgan fingerprint density at radius 3 is 1.49 bits per heavy atom. The number of amides is 1. The monoisotopic (exact) mass is 998 g/mol. The number of ether oxygens (including phenoxy) is 6. The number of hydrogen-bond donors (Lipinski definition) is 12. The molecule has 400 valence electrons. The van der Waals surface area contributed by atoms with Gasteiger partial charge in [0.05, 0.1) is 38.6 Å². The molecule has 19 nitrogen and oxygen atoms in total. The number of rotatable bonds is 32. The molecule has 12 N–H and O–H groups in total. The van der Waals surface area contributed by atoms with Gasteiger partial charge in [0.1, 0.15) is 73.2 Å². The van der Waals surface area contributed by atoms with Gasteiger partial charge in [0.2, 0.25) is 5.91 Å². The van der Waals surface area contributed by atoms with Gasteiger partial charge in [-0.1, -0.05) is 98.9 Å². The van der Waals surface area contributed by atoms with Crippen molar-refractivity contribution in [3.05, 3.63) is 85.1 Å². The van der Waals surface area contributed by atoms with E-state index in [-0.39, 0.29) is 12.3 Å². The van der Waals surface area contributed by atoms with E-state index in [0.29, 0.717) is 12.8 Å². The van der Waals surface area contributed by atoms with Crippen LogP contribution in [0.1, 0.15) is 97.3 Å². The van der Waals surface area contributed by atoms with Gasteiger partial charge in [-0.05, 0) is 77.0 Å². The predicted octanol–water partition coefficient (Wildman–Crippen LogP) is 1.30. The number of aliphatic hydroxyl groups excluding tert-OH is 11.